The Hall–Kier alpha value is -1.24. The molecule has 0 aliphatic carbocycles. The van der Waals surface area contributed by atoms with Gasteiger partial charge in [-0.25, -0.2) is 0 Å². The maximum atomic E-state index is 5.41. The van der Waals surface area contributed by atoms with E-state index in [9.17, 15) is 0 Å². The maximum Gasteiger partial charge on any atom is 0.268 e. The summed E-state index contributed by atoms with van der Waals surface area (Å²) in [4.78, 5) is 6.65. The summed E-state index contributed by atoms with van der Waals surface area (Å²) < 4.78 is 15.6. The fourth-order valence-corrected chi connectivity index (χ4v) is 2.87. The van der Waals surface area contributed by atoms with E-state index in [4.69, 9.17) is 14.0 Å². The fraction of sp³-hybridized carbons (Fsp3) is 0.455. The second-order valence-corrected chi connectivity index (χ2v) is 4.95. The molecule has 2 aromatic rings. The first kappa shape index (κ1) is 10.9. The molecule has 0 N–H and O–H groups in total. The van der Waals surface area contributed by atoms with Gasteiger partial charge in [-0.1, -0.05) is 5.16 Å². The zero-order valence-electron chi connectivity index (χ0n) is 9.43. The second-order valence-electron chi connectivity index (χ2n) is 3.81. The molecule has 0 aromatic carbocycles. The average molecular weight is 252 g/mol. The number of methoxy groups -OCH3 is 1. The quantitative estimate of drug-likeness (QED) is 0.836. The Labute approximate surface area is 102 Å². The first-order chi connectivity index (χ1) is 8.36. The van der Waals surface area contributed by atoms with Gasteiger partial charge in [0.15, 0.2) is 5.82 Å². The summed E-state index contributed by atoms with van der Waals surface area (Å²) in [5.74, 6) is 1.14. The van der Waals surface area contributed by atoms with Crippen molar-refractivity contribution in [2.75, 3.05) is 13.7 Å². The molecule has 1 aliphatic heterocycles. The molecule has 0 bridgehead atoms. The highest BCUT2D eigenvalue weighted by atomic mass is 32.1. The van der Waals surface area contributed by atoms with E-state index in [0.717, 1.165) is 17.9 Å². The van der Waals surface area contributed by atoms with Crippen LogP contribution in [0.4, 0.5) is 0 Å². The Morgan fingerprint density at radius 3 is 3.29 bits per heavy atom. The van der Waals surface area contributed by atoms with Crippen molar-refractivity contribution in [2.24, 2.45) is 0 Å². The van der Waals surface area contributed by atoms with Crippen molar-refractivity contribution in [3.8, 4) is 10.8 Å². The van der Waals surface area contributed by atoms with Gasteiger partial charge in [0.25, 0.3) is 5.89 Å². The van der Waals surface area contributed by atoms with Crippen LogP contribution < -0.4 is 0 Å². The van der Waals surface area contributed by atoms with E-state index in [1.54, 1.807) is 18.4 Å². The smallest absolute Gasteiger partial charge is 0.268 e. The van der Waals surface area contributed by atoms with Crippen LogP contribution in [0.3, 0.4) is 0 Å². The summed E-state index contributed by atoms with van der Waals surface area (Å²) >= 11 is 1.70. The van der Waals surface area contributed by atoms with Crippen LogP contribution in [0.25, 0.3) is 10.8 Å². The van der Waals surface area contributed by atoms with Gasteiger partial charge in [-0.2, -0.15) is 4.98 Å². The third kappa shape index (κ3) is 2.11. The molecule has 0 unspecified atom stereocenters. The van der Waals surface area contributed by atoms with Gasteiger partial charge in [0.05, 0.1) is 18.1 Å². The number of nitrogens with zero attached hydrogens (tertiary/aromatic N) is 2. The van der Waals surface area contributed by atoms with Crippen LogP contribution in [0.15, 0.2) is 10.6 Å². The Balaban J connectivity index is 1.89. The van der Waals surface area contributed by atoms with Crippen LogP contribution in [0.1, 0.15) is 16.3 Å². The molecule has 17 heavy (non-hydrogen) atoms. The van der Waals surface area contributed by atoms with E-state index in [2.05, 4.69) is 16.2 Å². The number of fused-ring (bicyclic) bond motifs is 1. The molecule has 1 aliphatic rings. The van der Waals surface area contributed by atoms with E-state index < -0.39 is 0 Å². The van der Waals surface area contributed by atoms with E-state index in [0.29, 0.717) is 24.9 Å². The maximum absolute atomic E-state index is 5.41. The molecule has 6 heteroatoms. The number of rotatable bonds is 3. The predicted octanol–water partition coefficient (Wildman–Crippen LogP) is 2.02. The highest BCUT2D eigenvalue weighted by Gasteiger charge is 2.17. The van der Waals surface area contributed by atoms with E-state index in [1.807, 2.05) is 0 Å². The van der Waals surface area contributed by atoms with Gasteiger partial charge in [0, 0.05) is 18.4 Å². The Morgan fingerprint density at radius 1 is 1.53 bits per heavy atom. The standard InChI is InChI=1S/C11H12N2O3S/c1-14-6-10-12-11(16-13-10)9-4-7-5-15-3-2-8(7)17-9/h4H,2-3,5-6H2,1H3. The van der Waals surface area contributed by atoms with Gasteiger partial charge < -0.3 is 14.0 Å². The van der Waals surface area contributed by atoms with Crippen LogP contribution >= 0.6 is 11.3 Å². The topological polar surface area (TPSA) is 57.4 Å². The lowest BCUT2D eigenvalue weighted by molar-refractivity contribution is 0.112. The first-order valence-corrected chi connectivity index (χ1v) is 6.19. The molecule has 0 saturated carbocycles. The molecule has 0 radical (unpaired) electrons. The number of hydrogen-bond acceptors (Lipinski definition) is 6. The second kappa shape index (κ2) is 4.56. The Kier molecular flexibility index (Phi) is 2.92. The Morgan fingerprint density at radius 2 is 2.47 bits per heavy atom. The van der Waals surface area contributed by atoms with Gasteiger partial charge in [-0.15, -0.1) is 11.3 Å². The van der Waals surface area contributed by atoms with E-state index in [1.165, 1.54) is 10.4 Å². The van der Waals surface area contributed by atoms with E-state index >= 15 is 0 Å². The number of hydrogen-bond donors (Lipinski definition) is 0. The van der Waals surface area contributed by atoms with Crippen molar-refractivity contribution in [1.29, 1.82) is 0 Å². The van der Waals surface area contributed by atoms with Crippen LogP contribution in [0.5, 0.6) is 0 Å². The SMILES string of the molecule is COCc1noc(-c2cc3c(s2)CCOC3)n1. The highest BCUT2D eigenvalue weighted by molar-refractivity contribution is 7.15. The largest absolute Gasteiger partial charge is 0.377 e. The summed E-state index contributed by atoms with van der Waals surface area (Å²) in [6, 6.07) is 2.07. The minimum atomic E-state index is 0.373. The predicted molar refractivity (Wildman–Crippen MR) is 61.7 cm³/mol. The van der Waals surface area contributed by atoms with Crippen LogP contribution in [-0.4, -0.2) is 23.9 Å². The van der Waals surface area contributed by atoms with Gasteiger partial charge in [0.2, 0.25) is 0 Å². The van der Waals surface area contributed by atoms with Gasteiger partial charge in [-0.05, 0) is 11.6 Å². The molecule has 2 aromatic heterocycles. The zero-order chi connectivity index (χ0) is 11.7. The van der Waals surface area contributed by atoms with Crippen LogP contribution in [-0.2, 0) is 29.1 Å². The molecular weight excluding hydrogens is 240 g/mol. The molecule has 0 fully saturated rings. The zero-order valence-corrected chi connectivity index (χ0v) is 10.2. The molecule has 90 valence electrons. The lowest BCUT2D eigenvalue weighted by atomic mass is 10.2. The van der Waals surface area contributed by atoms with Crippen molar-refractivity contribution in [2.45, 2.75) is 19.6 Å². The average Bonchev–Trinajstić information content (AvgIpc) is 2.94. The van der Waals surface area contributed by atoms with Crippen molar-refractivity contribution in [3.05, 3.63) is 22.3 Å². The lowest BCUT2D eigenvalue weighted by Crippen LogP contribution is -2.05. The fourth-order valence-electron chi connectivity index (χ4n) is 1.79. The van der Waals surface area contributed by atoms with Gasteiger partial charge in [0.1, 0.15) is 6.61 Å². The number of ether oxygens (including phenoxy) is 2. The highest BCUT2D eigenvalue weighted by Crippen LogP contribution is 2.33. The molecule has 3 heterocycles. The van der Waals surface area contributed by atoms with Crippen molar-refractivity contribution >= 4 is 11.3 Å². The number of aromatic nitrogens is 2. The van der Waals surface area contributed by atoms with Gasteiger partial charge >= 0.3 is 0 Å². The summed E-state index contributed by atoms with van der Waals surface area (Å²) in [5, 5.41) is 3.85. The molecule has 0 atom stereocenters. The van der Waals surface area contributed by atoms with Crippen molar-refractivity contribution in [3.63, 3.8) is 0 Å². The normalized spacial score (nSPS) is 14.9. The molecular formula is C11H12N2O3S. The summed E-state index contributed by atoms with van der Waals surface area (Å²) in [6.45, 7) is 1.86. The molecule has 5 nitrogen and oxygen atoms in total. The third-order valence-corrected chi connectivity index (χ3v) is 3.81. The lowest BCUT2D eigenvalue weighted by Gasteiger charge is -2.10. The summed E-state index contributed by atoms with van der Waals surface area (Å²) in [5.41, 5.74) is 1.24. The molecule has 3 rings (SSSR count). The van der Waals surface area contributed by atoms with Crippen molar-refractivity contribution in [1.82, 2.24) is 10.1 Å². The molecule has 0 saturated heterocycles. The third-order valence-electron chi connectivity index (χ3n) is 2.58. The number of thiophene rings is 1. The van der Waals surface area contributed by atoms with Gasteiger partial charge in [-0.3, -0.25) is 0 Å². The van der Waals surface area contributed by atoms with E-state index in [-0.39, 0.29) is 0 Å². The Bertz CT molecular complexity index is 497. The van der Waals surface area contributed by atoms with Crippen LogP contribution in [0.2, 0.25) is 0 Å². The molecule has 0 amide bonds. The first-order valence-electron chi connectivity index (χ1n) is 5.38. The van der Waals surface area contributed by atoms with Crippen LogP contribution in [0, 0.1) is 0 Å². The molecule has 0 spiro atoms. The van der Waals surface area contributed by atoms with Crippen molar-refractivity contribution < 1.29 is 14.0 Å². The summed E-state index contributed by atoms with van der Waals surface area (Å²) in [7, 11) is 1.61. The minimum Gasteiger partial charge on any atom is -0.377 e. The monoisotopic (exact) mass is 252 g/mol. The summed E-state index contributed by atoms with van der Waals surface area (Å²) in [6.07, 6.45) is 0.971. The minimum absolute atomic E-state index is 0.373.